The summed E-state index contributed by atoms with van der Waals surface area (Å²) < 4.78 is 85.9. The van der Waals surface area contributed by atoms with E-state index in [1.807, 2.05) is 0 Å². The summed E-state index contributed by atoms with van der Waals surface area (Å²) >= 11 is 0. The number of nitro benzene ring substituents is 1. The molecule has 0 radical (unpaired) electrons. The van der Waals surface area contributed by atoms with E-state index in [4.69, 9.17) is 10.00 Å². The van der Waals surface area contributed by atoms with Crippen molar-refractivity contribution in [1.29, 1.82) is 5.26 Å². The molecule has 32 heavy (non-hydrogen) atoms. The fourth-order valence-corrected chi connectivity index (χ4v) is 3.63. The zero-order chi connectivity index (χ0) is 23.7. The maximum absolute atomic E-state index is 13.6. The Morgan fingerprint density at radius 3 is 2.31 bits per heavy atom. The molecule has 1 heterocycles. The van der Waals surface area contributed by atoms with Gasteiger partial charge >= 0.3 is 12.4 Å². The first-order chi connectivity index (χ1) is 14.9. The molecular formula is C20H15F6N3O3. The number of rotatable bonds is 5. The van der Waals surface area contributed by atoms with Crippen LogP contribution >= 0.6 is 0 Å². The summed E-state index contributed by atoms with van der Waals surface area (Å²) in [5, 5.41) is 21.9. The van der Waals surface area contributed by atoms with Gasteiger partial charge in [-0.25, -0.2) is 0 Å². The molecule has 0 amide bonds. The molecular weight excluding hydrogens is 444 g/mol. The summed E-state index contributed by atoms with van der Waals surface area (Å²) in [5.41, 5.74) is -2.34. The van der Waals surface area contributed by atoms with Gasteiger partial charge in [0.05, 0.1) is 22.1 Å². The number of nitrogens with zero attached hydrogens (tertiary/aromatic N) is 2. The first-order valence-electron chi connectivity index (χ1n) is 9.21. The summed E-state index contributed by atoms with van der Waals surface area (Å²) in [6.07, 6.45) is -9.79. The highest BCUT2D eigenvalue weighted by atomic mass is 19.4. The molecule has 1 N–H and O–H groups in total. The fraction of sp³-hybridized carbons (Fsp3) is 0.350. The average Bonchev–Trinajstić information content (AvgIpc) is 3.16. The molecule has 0 saturated carbocycles. The number of nitro groups is 1. The Morgan fingerprint density at radius 1 is 1.12 bits per heavy atom. The van der Waals surface area contributed by atoms with Crippen LogP contribution in [0.5, 0.6) is 5.75 Å². The van der Waals surface area contributed by atoms with E-state index in [9.17, 15) is 36.5 Å². The molecule has 1 fully saturated rings. The second-order valence-electron chi connectivity index (χ2n) is 7.20. The number of hydrogen-bond donors (Lipinski definition) is 1. The van der Waals surface area contributed by atoms with Crippen molar-refractivity contribution in [3.8, 4) is 11.8 Å². The largest absolute Gasteiger partial charge is 0.492 e. The monoisotopic (exact) mass is 459 g/mol. The Labute approximate surface area is 177 Å². The van der Waals surface area contributed by atoms with Gasteiger partial charge < -0.3 is 4.74 Å². The van der Waals surface area contributed by atoms with Crippen molar-refractivity contribution in [2.24, 2.45) is 0 Å². The van der Waals surface area contributed by atoms with Crippen molar-refractivity contribution >= 4 is 5.69 Å². The second kappa shape index (κ2) is 8.66. The molecule has 1 saturated heterocycles. The van der Waals surface area contributed by atoms with Crippen LogP contribution in [0.2, 0.25) is 0 Å². The van der Waals surface area contributed by atoms with Gasteiger partial charge in [-0.2, -0.15) is 31.6 Å². The predicted octanol–water partition coefficient (Wildman–Crippen LogP) is 4.94. The number of ether oxygens (including phenoxy) is 1. The van der Waals surface area contributed by atoms with Crippen LogP contribution in [-0.4, -0.2) is 29.8 Å². The van der Waals surface area contributed by atoms with E-state index in [0.717, 1.165) is 12.1 Å². The van der Waals surface area contributed by atoms with Gasteiger partial charge in [-0.3, -0.25) is 15.4 Å². The molecule has 1 aliphatic heterocycles. The van der Waals surface area contributed by atoms with Crippen molar-refractivity contribution in [2.45, 2.75) is 36.8 Å². The Hall–Kier alpha value is -3.33. The second-order valence-corrected chi connectivity index (χ2v) is 7.20. The van der Waals surface area contributed by atoms with Gasteiger partial charge in [0, 0.05) is 24.1 Å². The molecule has 0 bridgehead atoms. The minimum Gasteiger partial charge on any atom is -0.492 e. The lowest BCUT2D eigenvalue weighted by Crippen LogP contribution is -2.44. The van der Waals surface area contributed by atoms with Gasteiger partial charge in [-0.15, -0.1) is 0 Å². The topological polar surface area (TPSA) is 88.2 Å². The van der Waals surface area contributed by atoms with Crippen molar-refractivity contribution < 1.29 is 36.0 Å². The van der Waals surface area contributed by atoms with E-state index in [0.29, 0.717) is 6.07 Å². The number of hydrogen-bond acceptors (Lipinski definition) is 5. The van der Waals surface area contributed by atoms with Gasteiger partial charge in [0.25, 0.3) is 5.69 Å². The Balaban J connectivity index is 1.80. The molecule has 170 valence electrons. The molecule has 0 spiro atoms. The van der Waals surface area contributed by atoms with Crippen LogP contribution in [-0.2, 0) is 6.18 Å². The number of nitriles is 1. The predicted molar refractivity (Wildman–Crippen MR) is 98.9 cm³/mol. The van der Waals surface area contributed by atoms with E-state index in [1.165, 1.54) is 30.3 Å². The fourth-order valence-electron chi connectivity index (χ4n) is 3.63. The Bertz CT molecular complexity index is 1030. The van der Waals surface area contributed by atoms with Crippen LogP contribution in [0.4, 0.5) is 32.0 Å². The van der Waals surface area contributed by atoms with Gasteiger partial charge in [0.15, 0.2) is 0 Å². The Morgan fingerprint density at radius 2 is 1.78 bits per heavy atom. The number of benzene rings is 2. The Kier molecular flexibility index (Phi) is 6.32. The van der Waals surface area contributed by atoms with E-state index in [1.54, 1.807) is 0 Å². The van der Waals surface area contributed by atoms with Gasteiger partial charge in [0.2, 0.25) is 0 Å². The number of halogens is 6. The number of nitrogens with one attached hydrogen (secondary N) is 1. The van der Waals surface area contributed by atoms with Gasteiger partial charge in [-0.1, -0.05) is 6.07 Å². The highest BCUT2D eigenvalue weighted by Crippen LogP contribution is 2.42. The number of non-ortho nitro benzene ring substituents is 1. The minimum atomic E-state index is -4.89. The van der Waals surface area contributed by atoms with Crippen molar-refractivity contribution in [1.82, 2.24) is 5.32 Å². The summed E-state index contributed by atoms with van der Waals surface area (Å²) in [4.78, 5) is 10.0. The van der Waals surface area contributed by atoms with E-state index in [-0.39, 0.29) is 30.0 Å². The van der Waals surface area contributed by atoms with Crippen LogP contribution in [0.3, 0.4) is 0 Å². The lowest BCUT2D eigenvalue weighted by molar-refractivity contribution is -0.384. The third-order valence-electron chi connectivity index (χ3n) is 5.11. The molecule has 2 aromatic rings. The molecule has 2 aromatic carbocycles. The molecule has 3 rings (SSSR count). The average molecular weight is 459 g/mol. The maximum atomic E-state index is 13.6. The first-order valence-corrected chi connectivity index (χ1v) is 9.21. The SMILES string of the molecule is N#Cc1ccc(C2CC(COc3ccc([N+](=O)[O-])cc3)NC2C(F)(F)F)cc1C(F)(F)F. The zero-order valence-electron chi connectivity index (χ0n) is 16.1. The van der Waals surface area contributed by atoms with Crippen molar-refractivity contribution in [2.75, 3.05) is 6.61 Å². The normalized spacial score (nSPS) is 21.2. The quantitative estimate of drug-likeness (QED) is 0.389. The van der Waals surface area contributed by atoms with Gasteiger partial charge in [-0.05, 0) is 36.2 Å². The highest BCUT2D eigenvalue weighted by Gasteiger charge is 2.51. The molecule has 3 atom stereocenters. The lowest BCUT2D eigenvalue weighted by Gasteiger charge is -2.23. The molecule has 0 aliphatic carbocycles. The van der Waals surface area contributed by atoms with Gasteiger partial charge in [0.1, 0.15) is 18.4 Å². The lowest BCUT2D eigenvalue weighted by atomic mass is 9.88. The number of alkyl halides is 6. The summed E-state index contributed by atoms with van der Waals surface area (Å²) in [6, 6.07) is 5.94. The minimum absolute atomic E-state index is 0.166. The van der Waals surface area contributed by atoms with Crippen molar-refractivity contribution in [3.63, 3.8) is 0 Å². The molecule has 0 aromatic heterocycles. The highest BCUT2D eigenvalue weighted by molar-refractivity contribution is 5.44. The molecule has 6 nitrogen and oxygen atoms in total. The molecule has 12 heteroatoms. The first kappa shape index (κ1) is 23.3. The molecule has 3 unspecified atom stereocenters. The standard InChI is InChI=1S/C20H15F6N3O3/c21-19(22,23)17-7-11(1-2-12(17)9-27)16-8-13(28-18(16)20(24,25)26)10-32-15-5-3-14(4-6-15)29(30)31/h1-7,13,16,18,28H,8,10H2. The van der Waals surface area contributed by atoms with Crippen LogP contribution in [0.15, 0.2) is 42.5 Å². The molecule has 1 aliphatic rings. The van der Waals surface area contributed by atoms with Crippen molar-refractivity contribution in [3.05, 3.63) is 69.3 Å². The van der Waals surface area contributed by atoms with Crippen LogP contribution in [0, 0.1) is 21.4 Å². The van der Waals surface area contributed by atoms with Crippen LogP contribution in [0.1, 0.15) is 29.0 Å². The summed E-state index contributed by atoms with van der Waals surface area (Å²) in [6.45, 7) is -0.233. The third-order valence-corrected chi connectivity index (χ3v) is 5.11. The third kappa shape index (κ3) is 5.11. The zero-order valence-corrected chi connectivity index (χ0v) is 16.1. The van der Waals surface area contributed by atoms with Crippen LogP contribution < -0.4 is 10.1 Å². The van der Waals surface area contributed by atoms with E-state index < -0.39 is 46.4 Å². The maximum Gasteiger partial charge on any atom is 0.417 e. The smallest absolute Gasteiger partial charge is 0.417 e. The van der Waals surface area contributed by atoms with E-state index in [2.05, 4.69) is 5.32 Å². The van der Waals surface area contributed by atoms with Crippen LogP contribution in [0.25, 0.3) is 0 Å². The summed E-state index contributed by atoms with van der Waals surface area (Å²) in [5.74, 6) is -1.13. The van der Waals surface area contributed by atoms with E-state index >= 15 is 0 Å². The summed E-state index contributed by atoms with van der Waals surface area (Å²) in [7, 11) is 0.